The summed E-state index contributed by atoms with van der Waals surface area (Å²) in [6.45, 7) is 0. The van der Waals surface area contributed by atoms with Gasteiger partial charge in [0.05, 0.1) is 11.2 Å². The molecule has 0 aliphatic rings. The van der Waals surface area contributed by atoms with Gasteiger partial charge in [-0.1, -0.05) is 18.2 Å². The topological polar surface area (TPSA) is 74.3 Å². The molecule has 0 spiro atoms. The SMILES string of the molecule is CN(C)c1ccc(NC(=O)C(=O)Nc2cccc3cccnc23)cc1. The maximum atomic E-state index is 12.2. The molecule has 0 fully saturated rings. The van der Waals surface area contributed by atoms with E-state index >= 15 is 0 Å². The normalized spacial score (nSPS) is 10.3. The Kier molecular flexibility index (Phi) is 4.61. The Morgan fingerprint density at radius 1 is 0.880 bits per heavy atom. The zero-order valence-corrected chi connectivity index (χ0v) is 14.0. The van der Waals surface area contributed by atoms with E-state index in [4.69, 9.17) is 0 Å². The number of anilines is 3. The lowest BCUT2D eigenvalue weighted by Crippen LogP contribution is -2.29. The summed E-state index contributed by atoms with van der Waals surface area (Å²) in [6.07, 6.45) is 1.64. The summed E-state index contributed by atoms with van der Waals surface area (Å²) in [5.74, 6) is -1.47. The van der Waals surface area contributed by atoms with E-state index in [2.05, 4.69) is 15.6 Å². The van der Waals surface area contributed by atoms with E-state index in [1.807, 2.05) is 49.3 Å². The molecule has 0 atom stereocenters. The van der Waals surface area contributed by atoms with E-state index in [1.165, 1.54) is 0 Å². The van der Waals surface area contributed by atoms with Crippen molar-refractivity contribution < 1.29 is 9.59 Å². The minimum absolute atomic E-state index is 0.501. The van der Waals surface area contributed by atoms with Crippen LogP contribution < -0.4 is 15.5 Å². The molecule has 2 aromatic carbocycles. The van der Waals surface area contributed by atoms with E-state index < -0.39 is 11.8 Å². The van der Waals surface area contributed by atoms with Gasteiger partial charge in [-0.3, -0.25) is 14.6 Å². The van der Waals surface area contributed by atoms with Gasteiger partial charge in [0.15, 0.2) is 0 Å². The maximum Gasteiger partial charge on any atom is 0.314 e. The molecule has 0 unspecified atom stereocenters. The van der Waals surface area contributed by atoms with Crippen molar-refractivity contribution in [2.75, 3.05) is 29.6 Å². The van der Waals surface area contributed by atoms with E-state index in [-0.39, 0.29) is 0 Å². The van der Waals surface area contributed by atoms with Crippen LogP contribution in [-0.4, -0.2) is 30.9 Å². The van der Waals surface area contributed by atoms with Crippen molar-refractivity contribution in [3.8, 4) is 0 Å². The molecule has 1 aromatic heterocycles. The van der Waals surface area contributed by atoms with E-state index in [1.54, 1.807) is 30.5 Å². The second-order valence-corrected chi connectivity index (χ2v) is 5.73. The zero-order chi connectivity index (χ0) is 17.8. The van der Waals surface area contributed by atoms with Crippen LogP contribution in [0, 0.1) is 0 Å². The number of rotatable bonds is 3. The van der Waals surface area contributed by atoms with Crippen LogP contribution in [0.15, 0.2) is 60.8 Å². The van der Waals surface area contributed by atoms with Crippen LogP contribution in [-0.2, 0) is 9.59 Å². The molecule has 126 valence electrons. The fraction of sp³-hybridized carbons (Fsp3) is 0.105. The average molecular weight is 334 g/mol. The Morgan fingerprint density at radius 2 is 1.56 bits per heavy atom. The number of amides is 2. The van der Waals surface area contributed by atoms with Gasteiger partial charge in [-0.2, -0.15) is 0 Å². The molecule has 0 radical (unpaired) electrons. The molecule has 2 N–H and O–H groups in total. The maximum absolute atomic E-state index is 12.2. The fourth-order valence-electron chi connectivity index (χ4n) is 2.41. The number of nitrogens with one attached hydrogen (secondary N) is 2. The highest BCUT2D eigenvalue weighted by Crippen LogP contribution is 2.21. The molecule has 1 heterocycles. The first-order valence-corrected chi connectivity index (χ1v) is 7.78. The minimum Gasteiger partial charge on any atom is -0.378 e. The number of fused-ring (bicyclic) bond motifs is 1. The number of benzene rings is 2. The van der Waals surface area contributed by atoms with Crippen molar-refractivity contribution in [2.24, 2.45) is 0 Å². The number of carbonyl (C=O) groups is 2. The second-order valence-electron chi connectivity index (χ2n) is 5.73. The molecule has 6 heteroatoms. The highest BCUT2D eigenvalue weighted by Gasteiger charge is 2.15. The molecule has 0 saturated heterocycles. The number of hydrogen-bond donors (Lipinski definition) is 2. The van der Waals surface area contributed by atoms with Crippen molar-refractivity contribution in [3.05, 3.63) is 60.8 Å². The molecular formula is C19H18N4O2. The number of para-hydroxylation sites is 1. The Bertz CT molecular complexity index is 915. The monoisotopic (exact) mass is 334 g/mol. The van der Waals surface area contributed by atoms with Crippen LogP contribution in [0.1, 0.15) is 0 Å². The van der Waals surface area contributed by atoms with Gasteiger partial charge in [0, 0.05) is 37.1 Å². The van der Waals surface area contributed by atoms with Gasteiger partial charge in [0.25, 0.3) is 0 Å². The Balaban J connectivity index is 1.71. The van der Waals surface area contributed by atoms with Crippen molar-refractivity contribution in [2.45, 2.75) is 0 Å². The third-order valence-corrected chi connectivity index (χ3v) is 3.73. The first-order chi connectivity index (χ1) is 12.0. The van der Waals surface area contributed by atoms with Crippen LogP contribution in [0.4, 0.5) is 17.1 Å². The standard InChI is InChI=1S/C19H18N4O2/c1-23(2)15-10-8-14(9-11-15)21-18(24)19(25)22-16-7-3-5-13-6-4-12-20-17(13)16/h3-12H,1-2H3,(H,21,24)(H,22,25). The lowest BCUT2D eigenvalue weighted by molar-refractivity contribution is -0.132. The second kappa shape index (κ2) is 7.00. The first-order valence-electron chi connectivity index (χ1n) is 7.78. The molecule has 3 aromatic rings. The number of hydrogen-bond acceptors (Lipinski definition) is 4. The molecular weight excluding hydrogens is 316 g/mol. The van der Waals surface area contributed by atoms with E-state index in [0.29, 0.717) is 16.9 Å². The molecule has 0 saturated carbocycles. The van der Waals surface area contributed by atoms with Gasteiger partial charge in [0.2, 0.25) is 0 Å². The smallest absolute Gasteiger partial charge is 0.314 e. The van der Waals surface area contributed by atoms with Crippen LogP contribution in [0.25, 0.3) is 10.9 Å². The van der Waals surface area contributed by atoms with Crippen molar-refractivity contribution in [3.63, 3.8) is 0 Å². The zero-order valence-electron chi connectivity index (χ0n) is 14.0. The van der Waals surface area contributed by atoms with Gasteiger partial charge in [-0.05, 0) is 36.4 Å². The summed E-state index contributed by atoms with van der Waals surface area (Å²) < 4.78 is 0. The number of aromatic nitrogens is 1. The highest BCUT2D eigenvalue weighted by molar-refractivity contribution is 6.44. The summed E-state index contributed by atoms with van der Waals surface area (Å²) in [4.78, 5) is 30.5. The van der Waals surface area contributed by atoms with Crippen LogP contribution in [0.3, 0.4) is 0 Å². The van der Waals surface area contributed by atoms with Crippen LogP contribution >= 0.6 is 0 Å². The van der Waals surface area contributed by atoms with Crippen LogP contribution in [0.5, 0.6) is 0 Å². The first kappa shape index (κ1) is 16.4. The summed E-state index contributed by atoms with van der Waals surface area (Å²) in [5.41, 5.74) is 2.70. The molecule has 2 amide bonds. The lowest BCUT2D eigenvalue weighted by Gasteiger charge is -2.13. The lowest BCUT2D eigenvalue weighted by atomic mass is 10.2. The molecule has 0 bridgehead atoms. The molecule has 3 rings (SSSR count). The Labute approximate surface area is 145 Å². The van der Waals surface area contributed by atoms with Gasteiger partial charge in [-0.15, -0.1) is 0 Å². The average Bonchev–Trinajstić information content (AvgIpc) is 2.62. The quantitative estimate of drug-likeness (QED) is 0.722. The number of nitrogens with zero attached hydrogens (tertiary/aromatic N) is 2. The largest absolute Gasteiger partial charge is 0.378 e. The van der Waals surface area contributed by atoms with E-state index in [0.717, 1.165) is 11.1 Å². The summed E-state index contributed by atoms with van der Waals surface area (Å²) >= 11 is 0. The van der Waals surface area contributed by atoms with Gasteiger partial charge < -0.3 is 15.5 Å². The van der Waals surface area contributed by atoms with Gasteiger partial charge in [0.1, 0.15) is 0 Å². The van der Waals surface area contributed by atoms with E-state index in [9.17, 15) is 9.59 Å². The summed E-state index contributed by atoms with van der Waals surface area (Å²) in [7, 11) is 3.86. The van der Waals surface area contributed by atoms with Gasteiger partial charge >= 0.3 is 11.8 Å². The predicted molar refractivity (Wildman–Crippen MR) is 99.8 cm³/mol. The number of carbonyl (C=O) groups excluding carboxylic acids is 2. The fourth-order valence-corrected chi connectivity index (χ4v) is 2.41. The summed E-state index contributed by atoms with van der Waals surface area (Å²) in [6, 6.07) is 16.3. The third-order valence-electron chi connectivity index (χ3n) is 3.73. The van der Waals surface area contributed by atoms with Crippen molar-refractivity contribution in [1.29, 1.82) is 0 Å². The van der Waals surface area contributed by atoms with Gasteiger partial charge in [-0.25, -0.2) is 0 Å². The van der Waals surface area contributed by atoms with Crippen molar-refractivity contribution >= 4 is 39.8 Å². The van der Waals surface area contributed by atoms with Crippen molar-refractivity contribution in [1.82, 2.24) is 4.98 Å². The number of pyridine rings is 1. The molecule has 0 aliphatic carbocycles. The molecule has 25 heavy (non-hydrogen) atoms. The predicted octanol–water partition coefficient (Wildman–Crippen LogP) is 2.88. The highest BCUT2D eigenvalue weighted by atomic mass is 16.2. The summed E-state index contributed by atoms with van der Waals surface area (Å²) in [5, 5.41) is 6.09. The Morgan fingerprint density at radius 3 is 2.28 bits per heavy atom. The molecule has 6 nitrogen and oxygen atoms in total. The Hall–Kier alpha value is -3.41. The van der Waals surface area contributed by atoms with Crippen LogP contribution in [0.2, 0.25) is 0 Å². The minimum atomic E-state index is -0.741. The third kappa shape index (κ3) is 3.74. The molecule has 0 aliphatic heterocycles.